The molecule has 0 spiro atoms. The van der Waals surface area contributed by atoms with Gasteiger partial charge >= 0.3 is 0 Å². The van der Waals surface area contributed by atoms with Crippen LogP contribution in [0.5, 0.6) is 5.75 Å². The summed E-state index contributed by atoms with van der Waals surface area (Å²) in [5.41, 5.74) is 4.30. The minimum absolute atomic E-state index is 0.0698. The van der Waals surface area contributed by atoms with E-state index >= 15 is 0 Å². The number of hydrogen-bond acceptors (Lipinski definition) is 5. The first-order valence-electron chi connectivity index (χ1n) is 11.2. The number of nitrogens with zero attached hydrogens (tertiary/aromatic N) is 4. The van der Waals surface area contributed by atoms with Gasteiger partial charge in [-0.3, -0.25) is 14.6 Å². The van der Waals surface area contributed by atoms with Crippen LogP contribution in [0.3, 0.4) is 0 Å². The maximum absolute atomic E-state index is 13.0. The van der Waals surface area contributed by atoms with Crippen LogP contribution in [0.1, 0.15) is 23.1 Å². The van der Waals surface area contributed by atoms with Crippen LogP contribution in [0.15, 0.2) is 66.9 Å². The molecule has 3 heterocycles. The number of ether oxygens (including phenoxy) is 2. The largest absolute Gasteiger partial charge is 0.493 e. The first-order valence-corrected chi connectivity index (χ1v) is 11.2. The second-order valence-electron chi connectivity index (χ2n) is 8.32. The predicted molar refractivity (Wildman–Crippen MR) is 125 cm³/mol. The van der Waals surface area contributed by atoms with E-state index < -0.39 is 0 Å². The topological polar surface area (TPSA) is 52.4 Å². The Bertz CT molecular complexity index is 1220. The Hall–Kier alpha value is -3.29. The Kier molecular flexibility index (Phi) is 6.32. The van der Waals surface area contributed by atoms with Crippen LogP contribution >= 0.6 is 0 Å². The predicted octanol–water partition coefficient (Wildman–Crippen LogP) is 4.30. The monoisotopic (exact) mass is 446 g/mol. The summed E-state index contributed by atoms with van der Waals surface area (Å²) in [5.74, 6) is 0.393. The number of fused-ring (bicyclic) bond motifs is 1. The Morgan fingerprint density at radius 3 is 2.85 bits per heavy atom. The molecule has 2 aromatic heterocycles. The summed E-state index contributed by atoms with van der Waals surface area (Å²) >= 11 is 0. The van der Waals surface area contributed by atoms with Crippen LogP contribution in [0.2, 0.25) is 0 Å². The lowest BCUT2D eigenvalue weighted by molar-refractivity contribution is -0.0351. The molecule has 1 saturated heterocycles. The Balaban J connectivity index is 1.22. The lowest BCUT2D eigenvalue weighted by atomic mass is 10.1. The van der Waals surface area contributed by atoms with Gasteiger partial charge in [-0.2, -0.15) is 5.10 Å². The minimum Gasteiger partial charge on any atom is -0.493 e. The standard InChI is InChI=1S/C26H27FN4O2/c1-30-22(11-14-32-23-9-7-21(27)8-10-23)16-24(29-30)25-18-31(13-15-33-25)17-20-5-2-4-19-6-3-12-28-26(19)20/h2-10,12,16,25H,11,13-15,17-18H2,1H3. The molecule has 1 fully saturated rings. The summed E-state index contributed by atoms with van der Waals surface area (Å²) in [6.45, 7) is 3.66. The van der Waals surface area contributed by atoms with Crippen molar-refractivity contribution in [2.45, 2.75) is 19.1 Å². The molecule has 1 aliphatic heterocycles. The number of hydrogen-bond donors (Lipinski definition) is 0. The number of para-hydroxylation sites is 1. The first-order chi connectivity index (χ1) is 16.2. The number of pyridine rings is 1. The van der Waals surface area contributed by atoms with E-state index in [1.807, 2.05) is 24.0 Å². The summed E-state index contributed by atoms with van der Waals surface area (Å²) in [5, 5.41) is 5.87. The van der Waals surface area contributed by atoms with Crippen molar-refractivity contribution in [3.63, 3.8) is 0 Å². The number of rotatable bonds is 7. The molecule has 7 heteroatoms. The number of aromatic nitrogens is 3. The minimum atomic E-state index is -0.267. The van der Waals surface area contributed by atoms with E-state index in [0.717, 1.165) is 41.9 Å². The molecule has 0 amide bonds. The van der Waals surface area contributed by atoms with Gasteiger partial charge in [0, 0.05) is 50.4 Å². The van der Waals surface area contributed by atoms with E-state index in [2.05, 4.69) is 40.2 Å². The van der Waals surface area contributed by atoms with Gasteiger partial charge in [0.15, 0.2) is 0 Å². The lowest BCUT2D eigenvalue weighted by Crippen LogP contribution is -2.38. The van der Waals surface area contributed by atoms with Gasteiger partial charge in [-0.25, -0.2) is 4.39 Å². The fourth-order valence-corrected chi connectivity index (χ4v) is 4.29. The van der Waals surface area contributed by atoms with E-state index in [1.54, 1.807) is 12.1 Å². The second-order valence-corrected chi connectivity index (χ2v) is 8.32. The van der Waals surface area contributed by atoms with E-state index in [1.165, 1.54) is 17.7 Å². The van der Waals surface area contributed by atoms with Gasteiger partial charge in [-0.05, 0) is 42.0 Å². The molecule has 2 aromatic carbocycles. The molecule has 6 nitrogen and oxygen atoms in total. The molecule has 1 aliphatic rings. The van der Waals surface area contributed by atoms with Crippen LogP contribution in [0.4, 0.5) is 4.39 Å². The van der Waals surface area contributed by atoms with Gasteiger partial charge in [0.05, 0.1) is 24.4 Å². The fourth-order valence-electron chi connectivity index (χ4n) is 4.29. The third-order valence-electron chi connectivity index (χ3n) is 6.03. The first kappa shape index (κ1) is 21.6. The summed E-state index contributed by atoms with van der Waals surface area (Å²) in [6.07, 6.45) is 2.49. The van der Waals surface area contributed by atoms with Gasteiger partial charge in [-0.15, -0.1) is 0 Å². The normalized spacial score (nSPS) is 16.8. The van der Waals surface area contributed by atoms with Crippen LogP contribution in [0, 0.1) is 5.82 Å². The molecule has 0 radical (unpaired) electrons. The van der Waals surface area contributed by atoms with E-state index in [-0.39, 0.29) is 11.9 Å². The molecule has 170 valence electrons. The molecule has 0 aliphatic carbocycles. The number of halogens is 1. The molecule has 0 bridgehead atoms. The van der Waals surface area contributed by atoms with Crippen molar-refractivity contribution in [3.8, 4) is 5.75 Å². The van der Waals surface area contributed by atoms with Crippen LogP contribution in [0.25, 0.3) is 10.9 Å². The molecule has 0 N–H and O–H groups in total. The maximum atomic E-state index is 13.0. The van der Waals surface area contributed by atoms with E-state index in [4.69, 9.17) is 14.6 Å². The lowest BCUT2D eigenvalue weighted by Gasteiger charge is -2.32. The highest BCUT2D eigenvalue weighted by Crippen LogP contribution is 2.25. The molecule has 33 heavy (non-hydrogen) atoms. The average molecular weight is 447 g/mol. The molecular formula is C26H27FN4O2. The highest BCUT2D eigenvalue weighted by molar-refractivity contribution is 5.81. The number of aryl methyl sites for hydroxylation is 1. The van der Waals surface area contributed by atoms with Crippen LogP contribution < -0.4 is 4.74 Å². The van der Waals surface area contributed by atoms with Gasteiger partial charge in [0.2, 0.25) is 0 Å². The Morgan fingerprint density at radius 2 is 1.97 bits per heavy atom. The summed E-state index contributed by atoms with van der Waals surface area (Å²) in [4.78, 5) is 7.00. The van der Waals surface area contributed by atoms with Crippen LogP contribution in [-0.2, 0) is 24.8 Å². The van der Waals surface area contributed by atoms with Crippen molar-refractivity contribution < 1.29 is 13.9 Å². The zero-order valence-corrected chi connectivity index (χ0v) is 18.7. The highest BCUT2D eigenvalue weighted by atomic mass is 19.1. The van der Waals surface area contributed by atoms with Gasteiger partial charge < -0.3 is 9.47 Å². The molecule has 5 rings (SSSR count). The Labute approximate surface area is 192 Å². The zero-order valence-electron chi connectivity index (χ0n) is 18.7. The fraction of sp³-hybridized carbons (Fsp3) is 0.308. The number of morpholine rings is 1. The quantitative estimate of drug-likeness (QED) is 0.424. The van der Waals surface area contributed by atoms with Gasteiger partial charge in [0.25, 0.3) is 0 Å². The molecule has 0 saturated carbocycles. The van der Waals surface area contributed by atoms with E-state index in [9.17, 15) is 4.39 Å². The maximum Gasteiger partial charge on any atom is 0.123 e. The van der Waals surface area contributed by atoms with Crippen molar-refractivity contribution in [1.82, 2.24) is 19.7 Å². The number of benzene rings is 2. The Morgan fingerprint density at radius 1 is 1.12 bits per heavy atom. The van der Waals surface area contributed by atoms with Crippen molar-refractivity contribution in [1.29, 1.82) is 0 Å². The van der Waals surface area contributed by atoms with Gasteiger partial charge in [-0.1, -0.05) is 24.3 Å². The third-order valence-corrected chi connectivity index (χ3v) is 6.03. The van der Waals surface area contributed by atoms with Crippen molar-refractivity contribution in [2.75, 3.05) is 26.3 Å². The summed E-state index contributed by atoms with van der Waals surface area (Å²) in [7, 11) is 1.94. The molecule has 4 aromatic rings. The second kappa shape index (κ2) is 9.68. The summed E-state index contributed by atoms with van der Waals surface area (Å²) in [6, 6.07) is 18.6. The molecule has 1 unspecified atom stereocenters. The van der Waals surface area contributed by atoms with Crippen molar-refractivity contribution in [2.24, 2.45) is 7.05 Å². The van der Waals surface area contributed by atoms with Gasteiger partial charge in [0.1, 0.15) is 17.7 Å². The third kappa shape index (κ3) is 5.05. The average Bonchev–Trinajstić information content (AvgIpc) is 3.21. The summed E-state index contributed by atoms with van der Waals surface area (Å²) < 4.78 is 26.7. The smallest absolute Gasteiger partial charge is 0.123 e. The highest BCUT2D eigenvalue weighted by Gasteiger charge is 2.25. The molecular weight excluding hydrogens is 419 g/mol. The van der Waals surface area contributed by atoms with Crippen molar-refractivity contribution in [3.05, 3.63) is 89.6 Å². The van der Waals surface area contributed by atoms with Crippen LogP contribution in [-0.4, -0.2) is 46.0 Å². The molecule has 1 atom stereocenters. The SMILES string of the molecule is Cn1nc(C2CN(Cc3cccc4cccnc34)CCO2)cc1CCOc1ccc(F)cc1. The van der Waals surface area contributed by atoms with Crippen molar-refractivity contribution >= 4 is 10.9 Å². The zero-order chi connectivity index (χ0) is 22.6. The van der Waals surface area contributed by atoms with E-state index in [0.29, 0.717) is 25.4 Å².